The Bertz CT molecular complexity index is 1350. The van der Waals surface area contributed by atoms with E-state index in [1.54, 1.807) is 6.20 Å². The minimum Gasteiger partial charge on any atom is -0.394 e. The zero-order valence-electron chi connectivity index (χ0n) is 24.0. The zero-order chi connectivity index (χ0) is 31.1. The Hall–Kier alpha value is -2.04. The Morgan fingerprint density at radius 1 is 0.818 bits per heavy atom. The Balaban J connectivity index is 1.19. The number of piperidine rings is 1. The molecule has 1 aromatic carbocycles. The molecular weight excluding hydrogens is 596 g/mol. The van der Waals surface area contributed by atoms with Crippen molar-refractivity contribution >= 4 is 17.2 Å². The van der Waals surface area contributed by atoms with Crippen molar-refractivity contribution in [3.63, 3.8) is 0 Å². The number of hydrogen-bond donors (Lipinski definition) is 7. The third kappa shape index (κ3) is 5.95. The molecule has 0 spiro atoms. The van der Waals surface area contributed by atoms with E-state index in [-0.39, 0.29) is 0 Å². The van der Waals surface area contributed by atoms with Crippen LogP contribution >= 0.6 is 11.6 Å². The molecule has 240 valence electrons. The van der Waals surface area contributed by atoms with Crippen LogP contribution in [0.2, 0.25) is 5.02 Å². The van der Waals surface area contributed by atoms with Crippen molar-refractivity contribution < 1.29 is 50.0 Å². The van der Waals surface area contributed by atoms with Gasteiger partial charge in [0.25, 0.3) is 0 Å². The summed E-state index contributed by atoms with van der Waals surface area (Å²) in [5.74, 6) is 0. The van der Waals surface area contributed by atoms with Gasteiger partial charge in [-0.3, -0.25) is 9.88 Å². The number of likely N-dealkylation sites (tertiary alicyclic amines) is 1. The van der Waals surface area contributed by atoms with E-state index in [0.717, 1.165) is 29.7 Å². The van der Waals surface area contributed by atoms with Crippen LogP contribution in [0.15, 0.2) is 42.1 Å². The number of rotatable bonds is 5. The summed E-state index contributed by atoms with van der Waals surface area (Å²) in [5, 5.41) is 73.1. The van der Waals surface area contributed by atoms with Crippen LogP contribution in [-0.4, -0.2) is 133 Å². The highest BCUT2D eigenvalue weighted by atomic mass is 35.5. The summed E-state index contributed by atoms with van der Waals surface area (Å²) in [6, 6.07) is 10.0. The highest BCUT2D eigenvalue weighted by molar-refractivity contribution is 6.30. The monoisotopic (exact) mass is 634 g/mol. The lowest BCUT2D eigenvalue weighted by molar-refractivity contribution is -0.349. The van der Waals surface area contributed by atoms with Gasteiger partial charge in [-0.1, -0.05) is 29.3 Å². The van der Waals surface area contributed by atoms with Crippen molar-refractivity contribution in [3.05, 3.63) is 69.5 Å². The second-order valence-corrected chi connectivity index (χ2v) is 12.3. The number of fused-ring (bicyclic) bond motifs is 2. The maximum absolute atomic E-state index is 11.2. The van der Waals surface area contributed by atoms with Crippen LogP contribution < -0.4 is 0 Å². The Morgan fingerprint density at radius 3 is 2.27 bits per heavy atom. The molecule has 4 aliphatic rings. The van der Waals surface area contributed by atoms with Gasteiger partial charge in [-0.25, -0.2) is 0 Å². The van der Waals surface area contributed by atoms with Gasteiger partial charge in [-0.15, -0.1) is 0 Å². The smallest absolute Gasteiger partial charge is 0.187 e. The molecule has 0 saturated carbocycles. The number of aromatic nitrogens is 1. The number of halogens is 1. The summed E-state index contributed by atoms with van der Waals surface area (Å²) < 4.78 is 17.2. The van der Waals surface area contributed by atoms with Crippen LogP contribution in [0, 0.1) is 0 Å². The summed E-state index contributed by atoms with van der Waals surface area (Å²) in [6.45, 7) is -0.215. The summed E-state index contributed by atoms with van der Waals surface area (Å²) in [7, 11) is 0. The minimum atomic E-state index is -1.72. The van der Waals surface area contributed by atoms with Gasteiger partial charge in [-0.2, -0.15) is 0 Å². The lowest BCUT2D eigenvalue weighted by Gasteiger charge is -2.49. The third-order valence-electron chi connectivity index (χ3n) is 9.22. The SMILES string of the molecule is OC[C@H]1O[C@@H](O[C@H]2[C@H](O)[C@@H](O)[C@H](N3CCC(=C4c5ccc(Cl)cc5CCc5cccnc54)CC3)O[C@@H]2CO)[C@H](O)[C@@H](O)[C@H]1O. The van der Waals surface area contributed by atoms with Crippen LogP contribution in [0.25, 0.3) is 5.57 Å². The van der Waals surface area contributed by atoms with Crippen molar-refractivity contribution in [2.75, 3.05) is 26.3 Å². The van der Waals surface area contributed by atoms with Crippen LogP contribution in [0.1, 0.15) is 35.2 Å². The lowest BCUT2D eigenvalue weighted by atomic mass is 9.88. The van der Waals surface area contributed by atoms with Gasteiger partial charge >= 0.3 is 0 Å². The molecule has 0 amide bonds. The fourth-order valence-corrected chi connectivity index (χ4v) is 7.00. The second-order valence-electron chi connectivity index (χ2n) is 11.9. The van der Waals surface area contributed by atoms with E-state index in [2.05, 4.69) is 12.1 Å². The molecule has 3 saturated heterocycles. The molecule has 2 aromatic rings. The Kier molecular flexibility index (Phi) is 9.70. The van der Waals surface area contributed by atoms with Crippen molar-refractivity contribution in [1.82, 2.24) is 9.88 Å². The topological polar surface area (TPSA) is 185 Å². The molecule has 13 heteroatoms. The van der Waals surface area contributed by atoms with Gasteiger partial charge < -0.3 is 50.0 Å². The van der Waals surface area contributed by atoms with E-state index in [4.69, 9.17) is 30.8 Å². The molecule has 0 radical (unpaired) electrons. The van der Waals surface area contributed by atoms with Crippen molar-refractivity contribution in [2.45, 2.75) is 87.0 Å². The molecule has 3 aliphatic heterocycles. The van der Waals surface area contributed by atoms with Crippen LogP contribution in [0.4, 0.5) is 0 Å². The molecule has 12 nitrogen and oxygen atoms in total. The van der Waals surface area contributed by atoms with Crippen molar-refractivity contribution in [2.24, 2.45) is 0 Å². The quantitative estimate of drug-likeness (QED) is 0.221. The minimum absolute atomic E-state index is 0.509. The first kappa shape index (κ1) is 31.9. The molecule has 4 heterocycles. The molecule has 1 aromatic heterocycles. The third-order valence-corrected chi connectivity index (χ3v) is 9.46. The highest BCUT2D eigenvalue weighted by Gasteiger charge is 2.51. The van der Waals surface area contributed by atoms with Gasteiger partial charge in [0.05, 0.1) is 18.9 Å². The molecule has 0 bridgehead atoms. The van der Waals surface area contributed by atoms with E-state index in [1.807, 2.05) is 23.1 Å². The summed E-state index contributed by atoms with van der Waals surface area (Å²) in [6.07, 6.45) is -9.33. The van der Waals surface area contributed by atoms with Gasteiger partial charge in [0.1, 0.15) is 55.1 Å². The maximum Gasteiger partial charge on any atom is 0.187 e. The van der Waals surface area contributed by atoms with Crippen molar-refractivity contribution in [3.8, 4) is 0 Å². The van der Waals surface area contributed by atoms with E-state index in [1.165, 1.54) is 16.7 Å². The fraction of sp³-hybridized carbons (Fsp3) is 0.581. The molecule has 1 aliphatic carbocycles. The lowest BCUT2D eigenvalue weighted by Crippen LogP contribution is -2.67. The number of pyridine rings is 1. The average Bonchev–Trinajstić information content (AvgIpc) is 3.20. The van der Waals surface area contributed by atoms with Gasteiger partial charge in [-0.05, 0) is 60.6 Å². The van der Waals surface area contributed by atoms with E-state index >= 15 is 0 Å². The predicted octanol–water partition coefficient (Wildman–Crippen LogP) is -0.645. The number of nitrogens with zero attached hydrogens (tertiary/aromatic N) is 2. The molecule has 3 fully saturated rings. The standard InChI is InChI=1S/C31H39ClN2O10/c32-18-5-6-19-17(12-18)4-3-16-2-1-9-33-23(16)22(19)15-7-10-34(11-8-15)30-27(40)26(39)29(21(14-36)42-30)44-31-28(41)25(38)24(37)20(13-35)43-31/h1-2,5-6,9,12,20-21,24-31,35-41H,3-4,7-8,10-11,13-14H2/t20-,21-,24+,25+,26-,27-,28-,29-,30-,31+/m1/s1. The predicted molar refractivity (Wildman–Crippen MR) is 156 cm³/mol. The second kappa shape index (κ2) is 13.4. The van der Waals surface area contributed by atoms with E-state index in [0.29, 0.717) is 31.0 Å². The summed E-state index contributed by atoms with van der Waals surface area (Å²) in [4.78, 5) is 6.69. The average molecular weight is 635 g/mol. The number of benzene rings is 1. The molecule has 44 heavy (non-hydrogen) atoms. The van der Waals surface area contributed by atoms with Gasteiger partial charge in [0.15, 0.2) is 6.29 Å². The Morgan fingerprint density at radius 2 is 1.55 bits per heavy atom. The van der Waals surface area contributed by atoms with Crippen molar-refractivity contribution in [1.29, 1.82) is 0 Å². The van der Waals surface area contributed by atoms with Crippen LogP contribution in [0.5, 0.6) is 0 Å². The van der Waals surface area contributed by atoms with Gasteiger partial charge in [0, 0.05) is 29.9 Å². The summed E-state index contributed by atoms with van der Waals surface area (Å²) in [5.41, 5.74) is 6.76. The number of hydrogen-bond acceptors (Lipinski definition) is 12. The number of aliphatic hydroxyl groups excluding tert-OH is 7. The normalized spacial score (nSPS) is 36.5. The van der Waals surface area contributed by atoms with Gasteiger partial charge in [0.2, 0.25) is 0 Å². The Labute approximate surface area is 259 Å². The highest BCUT2D eigenvalue weighted by Crippen LogP contribution is 2.39. The first-order chi connectivity index (χ1) is 21.2. The molecular formula is C31H39ClN2O10. The molecule has 10 atom stereocenters. The van der Waals surface area contributed by atoms with E-state index in [9.17, 15) is 35.7 Å². The maximum atomic E-state index is 11.2. The van der Waals surface area contributed by atoms with Crippen LogP contribution in [-0.2, 0) is 27.1 Å². The summed E-state index contributed by atoms with van der Waals surface area (Å²) >= 11 is 6.35. The molecule has 0 unspecified atom stereocenters. The largest absolute Gasteiger partial charge is 0.394 e. The number of aryl methyl sites for hydroxylation is 2. The van der Waals surface area contributed by atoms with E-state index < -0.39 is 74.6 Å². The number of ether oxygens (including phenoxy) is 3. The molecule has 7 N–H and O–H groups in total. The first-order valence-corrected chi connectivity index (χ1v) is 15.4. The fourth-order valence-electron chi connectivity index (χ4n) is 6.80. The number of aliphatic hydroxyl groups is 7. The molecule has 6 rings (SSSR count). The van der Waals surface area contributed by atoms with Crippen LogP contribution in [0.3, 0.4) is 0 Å². The zero-order valence-corrected chi connectivity index (χ0v) is 24.8. The first-order valence-electron chi connectivity index (χ1n) is 15.0.